The van der Waals surface area contributed by atoms with Crippen LogP contribution in [0.5, 0.6) is 0 Å². The van der Waals surface area contributed by atoms with Gasteiger partial charge in [-0.05, 0) is 26.4 Å². The molecule has 3 heteroatoms. The maximum Gasteiger partial charge on any atom is 0.102 e. The van der Waals surface area contributed by atoms with E-state index in [0.29, 0.717) is 0 Å². The first kappa shape index (κ1) is 9.03. The number of rotatable bonds is 1. The third kappa shape index (κ3) is 1.71. The van der Waals surface area contributed by atoms with Gasteiger partial charge in [0.2, 0.25) is 0 Å². The van der Waals surface area contributed by atoms with Gasteiger partial charge in [0.25, 0.3) is 0 Å². The monoisotopic (exact) mass is 183 g/mol. The smallest absolute Gasteiger partial charge is 0.102 e. The lowest BCUT2D eigenvalue weighted by atomic mass is 9.85. The van der Waals surface area contributed by atoms with E-state index in [9.17, 15) is 5.11 Å². The van der Waals surface area contributed by atoms with Crippen molar-refractivity contribution in [1.82, 2.24) is 4.90 Å². The van der Waals surface area contributed by atoms with Crippen LogP contribution in [0.1, 0.15) is 19.3 Å². The van der Waals surface area contributed by atoms with Crippen LogP contribution in [-0.2, 0) is 4.74 Å². The number of piperidine rings is 1. The lowest BCUT2D eigenvalue weighted by Crippen LogP contribution is -2.47. The van der Waals surface area contributed by atoms with Crippen LogP contribution in [0.3, 0.4) is 0 Å². The summed E-state index contributed by atoms with van der Waals surface area (Å²) in [5, 5.41) is 10.4. The van der Waals surface area contributed by atoms with Crippen LogP contribution in [-0.4, -0.2) is 42.4 Å². The third-order valence-electron chi connectivity index (χ3n) is 2.97. The number of β-amino-alcohol motifs (C(OH)–C–C–N with tert-alkyl or cyclic N) is 1. The van der Waals surface area contributed by atoms with E-state index in [4.69, 9.17) is 4.74 Å². The van der Waals surface area contributed by atoms with E-state index in [0.717, 1.165) is 44.5 Å². The first-order valence-corrected chi connectivity index (χ1v) is 4.93. The summed E-state index contributed by atoms with van der Waals surface area (Å²) < 4.78 is 5.17. The van der Waals surface area contributed by atoms with Crippen LogP contribution in [0.4, 0.5) is 0 Å². The van der Waals surface area contributed by atoms with Crippen LogP contribution in [0.25, 0.3) is 0 Å². The molecule has 0 saturated carbocycles. The van der Waals surface area contributed by atoms with Gasteiger partial charge in [0.15, 0.2) is 0 Å². The Kier molecular flexibility index (Phi) is 2.30. The second-order valence-corrected chi connectivity index (χ2v) is 4.14. The molecule has 13 heavy (non-hydrogen) atoms. The molecule has 1 atom stereocenters. The van der Waals surface area contributed by atoms with E-state index in [1.165, 1.54) is 0 Å². The minimum absolute atomic E-state index is 0.608. The highest BCUT2D eigenvalue weighted by molar-refractivity contribution is 5.19. The van der Waals surface area contributed by atoms with Gasteiger partial charge in [-0.25, -0.2) is 0 Å². The number of likely N-dealkylation sites (N-methyl/N-ethyl adjacent to an activating group) is 1. The van der Waals surface area contributed by atoms with Crippen molar-refractivity contribution in [2.75, 3.05) is 26.7 Å². The Labute approximate surface area is 79.0 Å². The molecule has 0 aromatic carbocycles. The summed E-state index contributed by atoms with van der Waals surface area (Å²) in [5.41, 5.74) is 0.475. The standard InChI is InChI=1S/C10H17NO2/c1-11-5-2-4-10(12,8-11)9-3-6-13-7-9/h7,12H,2-6,8H2,1H3. The van der Waals surface area contributed by atoms with E-state index in [2.05, 4.69) is 11.9 Å². The average molecular weight is 183 g/mol. The molecule has 0 spiro atoms. The molecule has 0 amide bonds. The van der Waals surface area contributed by atoms with Crippen molar-refractivity contribution in [3.63, 3.8) is 0 Å². The quantitative estimate of drug-likeness (QED) is 0.651. The zero-order valence-corrected chi connectivity index (χ0v) is 8.12. The molecule has 0 aromatic heterocycles. The SMILES string of the molecule is CN1CCCC(O)(C2=COCC2)C1. The lowest BCUT2D eigenvalue weighted by Gasteiger charge is -2.37. The Morgan fingerprint density at radius 2 is 2.46 bits per heavy atom. The molecule has 1 unspecified atom stereocenters. The highest BCUT2D eigenvalue weighted by Crippen LogP contribution is 2.31. The summed E-state index contributed by atoms with van der Waals surface area (Å²) in [5.74, 6) is 0. The number of nitrogens with zero attached hydrogens (tertiary/aromatic N) is 1. The van der Waals surface area contributed by atoms with Gasteiger partial charge in [0.1, 0.15) is 5.60 Å². The molecule has 2 rings (SSSR count). The molecule has 2 heterocycles. The summed E-state index contributed by atoms with van der Waals surface area (Å²) in [6.45, 7) is 2.58. The van der Waals surface area contributed by atoms with Gasteiger partial charge < -0.3 is 14.7 Å². The Bertz CT molecular complexity index is 227. The normalized spacial score (nSPS) is 35.7. The summed E-state index contributed by atoms with van der Waals surface area (Å²) in [6, 6.07) is 0. The van der Waals surface area contributed by atoms with Gasteiger partial charge in [-0.2, -0.15) is 0 Å². The van der Waals surface area contributed by atoms with E-state index >= 15 is 0 Å². The number of ether oxygens (including phenoxy) is 1. The summed E-state index contributed by atoms with van der Waals surface area (Å²) in [4.78, 5) is 2.18. The second kappa shape index (κ2) is 3.31. The molecule has 0 aromatic rings. The first-order chi connectivity index (χ1) is 6.21. The lowest BCUT2D eigenvalue weighted by molar-refractivity contribution is 0.00656. The fourth-order valence-electron chi connectivity index (χ4n) is 2.24. The fraction of sp³-hybridized carbons (Fsp3) is 0.800. The Hall–Kier alpha value is -0.540. The topological polar surface area (TPSA) is 32.7 Å². The van der Waals surface area contributed by atoms with Crippen molar-refractivity contribution in [3.8, 4) is 0 Å². The molecule has 1 saturated heterocycles. The second-order valence-electron chi connectivity index (χ2n) is 4.14. The Morgan fingerprint density at radius 3 is 3.08 bits per heavy atom. The van der Waals surface area contributed by atoms with Gasteiger partial charge in [0.05, 0.1) is 12.9 Å². The zero-order valence-electron chi connectivity index (χ0n) is 8.12. The van der Waals surface area contributed by atoms with Crippen LogP contribution in [0.2, 0.25) is 0 Å². The largest absolute Gasteiger partial charge is 0.501 e. The molecule has 74 valence electrons. The number of hydrogen-bond acceptors (Lipinski definition) is 3. The molecule has 3 nitrogen and oxygen atoms in total. The fourth-order valence-corrected chi connectivity index (χ4v) is 2.24. The maximum atomic E-state index is 10.4. The maximum absolute atomic E-state index is 10.4. The molecular weight excluding hydrogens is 166 g/mol. The van der Waals surface area contributed by atoms with Crippen molar-refractivity contribution >= 4 is 0 Å². The molecule has 0 bridgehead atoms. The van der Waals surface area contributed by atoms with Crippen molar-refractivity contribution in [2.45, 2.75) is 24.9 Å². The molecule has 1 N–H and O–H groups in total. The number of hydrogen-bond donors (Lipinski definition) is 1. The third-order valence-corrected chi connectivity index (χ3v) is 2.97. The van der Waals surface area contributed by atoms with Crippen molar-refractivity contribution in [1.29, 1.82) is 0 Å². The Morgan fingerprint density at radius 1 is 1.62 bits per heavy atom. The van der Waals surface area contributed by atoms with Crippen LogP contribution in [0, 0.1) is 0 Å². The predicted octanol–water partition coefficient (Wildman–Crippen LogP) is 0.747. The average Bonchev–Trinajstić information content (AvgIpc) is 2.55. The summed E-state index contributed by atoms with van der Waals surface area (Å²) >= 11 is 0. The summed E-state index contributed by atoms with van der Waals surface area (Å²) in [7, 11) is 2.06. The van der Waals surface area contributed by atoms with Crippen molar-refractivity contribution in [2.24, 2.45) is 0 Å². The van der Waals surface area contributed by atoms with E-state index in [1.54, 1.807) is 6.26 Å². The minimum atomic E-state index is -0.608. The Balaban J connectivity index is 2.09. The first-order valence-electron chi connectivity index (χ1n) is 4.93. The van der Waals surface area contributed by atoms with Crippen molar-refractivity contribution in [3.05, 3.63) is 11.8 Å². The summed E-state index contributed by atoms with van der Waals surface area (Å²) in [6.07, 6.45) is 4.60. The van der Waals surface area contributed by atoms with Gasteiger partial charge in [-0.3, -0.25) is 0 Å². The van der Waals surface area contributed by atoms with Gasteiger partial charge in [-0.1, -0.05) is 0 Å². The molecule has 1 fully saturated rings. The molecular formula is C10H17NO2. The number of aliphatic hydroxyl groups is 1. The molecule has 2 aliphatic heterocycles. The zero-order chi connectivity index (χ0) is 9.31. The minimum Gasteiger partial charge on any atom is -0.501 e. The highest BCUT2D eigenvalue weighted by atomic mass is 16.5. The van der Waals surface area contributed by atoms with E-state index < -0.39 is 5.60 Å². The van der Waals surface area contributed by atoms with Crippen LogP contribution in [0.15, 0.2) is 11.8 Å². The number of likely N-dealkylation sites (tertiary alicyclic amines) is 1. The van der Waals surface area contributed by atoms with Gasteiger partial charge in [0, 0.05) is 18.5 Å². The molecule has 2 aliphatic rings. The van der Waals surface area contributed by atoms with Crippen molar-refractivity contribution < 1.29 is 9.84 Å². The predicted molar refractivity (Wildman–Crippen MR) is 50.3 cm³/mol. The van der Waals surface area contributed by atoms with Crippen LogP contribution >= 0.6 is 0 Å². The molecule has 0 radical (unpaired) electrons. The highest BCUT2D eigenvalue weighted by Gasteiger charge is 2.36. The van der Waals surface area contributed by atoms with Gasteiger partial charge >= 0.3 is 0 Å². The van der Waals surface area contributed by atoms with E-state index in [-0.39, 0.29) is 0 Å². The van der Waals surface area contributed by atoms with E-state index in [1.807, 2.05) is 0 Å². The van der Waals surface area contributed by atoms with Gasteiger partial charge in [-0.15, -0.1) is 0 Å². The van der Waals surface area contributed by atoms with Crippen LogP contribution < -0.4 is 0 Å². The molecule has 0 aliphatic carbocycles.